The van der Waals surface area contributed by atoms with Crippen LogP contribution in [0.5, 0.6) is 0 Å². The number of nitrogens with zero attached hydrogens (tertiary/aromatic N) is 2. The van der Waals surface area contributed by atoms with Crippen LogP contribution in [0.4, 0.5) is 5.69 Å². The molecule has 1 N–H and O–H groups in total. The van der Waals surface area contributed by atoms with E-state index >= 15 is 0 Å². The van der Waals surface area contributed by atoms with E-state index in [9.17, 15) is 8.42 Å². The van der Waals surface area contributed by atoms with Gasteiger partial charge in [-0.1, -0.05) is 50.5 Å². The van der Waals surface area contributed by atoms with Crippen molar-refractivity contribution in [2.24, 2.45) is 17.8 Å². The molecular weight excluding hydrogens is 502 g/mol. The Morgan fingerprint density at radius 2 is 1.72 bits per heavy atom. The summed E-state index contributed by atoms with van der Waals surface area (Å²) in [5.41, 5.74) is 4.64. The smallest absolute Gasteiger partial charge is 0.181 e. The second-order valence-corrected chi connectivity index (χ2v) is 15.2. The Bertz CT molecular complexity index is 1230. The summed E-state index contributed by atoms with van der Waals surface area (Å²) in [7, 11) is -0.775. The highest BCUT2D eigenvalue weighted by molar-refractivity contribution is 7.92. The summed E-state index contributed by atoms with van der Waals surface area (Å²) in [6.07, 6.45) is 9.67. The van der Waals surface area contributed by atoms with Crippen LogP contribution in [0.1, 0.15) is 69.4 Å². The predicted molar refractivity (Wildman–Crippen MR) is 160 cm³/mol. The first-order valence-corrected chi connectivity index (χ1v) is 17.0. The van der Waals surface area contributed by atoms with E-state index in [4.69, 9.17) is 0 Å². The summed E-state index contributed by atoms with van der Waals surface area (Å²) in [6, 6.07) is 16.9. The minimum absolute atomic E-state index is 0.142. The summed E-state index contributed by atoms with van der Waals surface area (Å²) in [6.45, 7) is 8.94. The maximum absolute atomic E-state index is 12.5. The quantitative estimate of drug-likeness (QED) is 0.368. The van der Waals surface area contributed by atoms with Gasteiger partial charge in [-0.15, -0.1) is 0 Å². The highest BCUT2D eigenvalue weighted by atomic mass is 32.2. The van der Waals surface area contributed by atoms with Gasteiger partial charge in [0.05, 0.1) is 10.1 Å². The van der Waals surface area contributed by atoms with Gasteiger partial charge in [-0.25, -0.2) is 8.42 Å². The van der Waals surface area contributed by atoms with E-state index in [1.165, 1.54) is 45.1 Å². The number of sulfone groups is 1. The van der Waals surface area contributed by atoms with Crippen molar-refractivity contribution in [1.82, 2.24) is 10.2 Å². The highest BCUT2D eigenvalue weighted by Crippen LogP contribution is 2.52. The molecule has 3 fully saturated rings. The third-order valence-corrected chi connectivity index (χ3v) is 12.6. The summed E-state index contributed by atoms with van der Waals surface area (Å²) in [5.74, 6) is 2.16. The molecule has 6 heteroatoms. The Labute approximate surface area is 236 Å². The molecule has 2 atom stereocenters. The zero-order valence-electron chi connectivity index (χ0n) is 23.9. The van der Waals surface area contributed by atoms with Crippen molar-refractivity contribution >= 4 is 15.5 Å². The van der Waals surface area contributed by atoms with Crippen molar-refractivity contribution in [2.45, 2.75) is 80.4 Å². The van der Waals surface area contributed by atoms with Crippen LogP contribution in [-0.2, 0) is 21.8 Å². The molecule has 6 rings (SSSR count). The maximum atomic E-state index is 12.5. The van der Waals surface area contributed by atoms with Crippen molar-refractivity contribution in [3.63, 3.8) is 0 Å². The van der Waals surface area contributed by atoms with Crippen molar-refractivity contribution in [2.75, 3.05) is 44.7 Å². The van der Waals surface area contributed by atoms with Crippen LogP contribution in [0.25, 0.3) is 0 Å². The van der Waals surface area contributed by atoms with Gasteiger partial charge in [0.25, 0.3) is 0 Å². The van der Waals surface area contributed by atoms with Gasteiger partial charge in [0, 0.05) is 49.7 Å². The molecule has 2 aliphatic heterocycles. The first-order valence-electron chi connectivity index (χ1n) is 15.5. The van der Waals surface area contributed by atoms with Gasteiger partial charge in [0.15, 0.2) is 9.84 Å². The molecule has 0 amide bonds. The molecule has 0 radical (unpaired) electrons. The molecule has 0 bridgehead atoms. The van der Waals surface area contributed by atoms with Crippen LogP contribution in [-0.4, -0.2) is 58.3 Å². The van der Waals surface area contributed by atoms with Gasteiger partial charge in [0.1, 0.15) is 0 Å². The lowest BCUT2D eigenvalue weighted by molar-refractivity contribution is 0.0825. The van der Waals surface area contributed by atoms with E-state index in [0.717, 1.165) is 57.2 Å². The molecule has 2 heterocycles. The average Bonchev–Trinajstić information content (AvgIpc) is 3.64. The van der Waals surface area contributed by atoms with Crippen molar-refractivity contribution in [3.05, 3.63) is 59.7 Å². The molecule has 4 aliphatic rings. The minimum atomic E-state index is -3.10. The number of fused-ring (bicyclic) bond motifs is 1. The van der Waals surface area contributed by atoms with Gasteiger partial charge < -0.3 is 15.1 Å². The lowest BCUT2D eigenvalue weighted by atomic mass is 9.57. The average molecular weight is 550 g/mol. The lowest BCUT2D eigenvalue weighted by Crippen LogP contribution is -2.54. The summed E-state index contributed by atoms with van der Waals surface area (Å²) in [5, 5.41) is 3.69. The number of likely N-dealkylation sites (N-methyl/N-ethyl adjacent to an activating group) is 1. The number of hydrogen-bond donors (Lipinski definition) is 1. The summed E-state index contributed by atoms with van der Waals surface area (Å²) < 4.78 is 25.0. The fraction of sp³-hybridized carbons (Fsp3) is 0.636. The molecule has 39 heavy (non-hydrogen) atoms. The summed E-state index contributed by atoms with van der Waals surface area (Å²) in [4.78, 5) is 5.45. The van der Waals surface area contributed by atoms with Gasteiger partial charge in [-0.3, -0.25) is 0 Å². The number of benzene rings is 2. The SMILES string of the molecule is CCC(CCNCC1CN(c2ccc(S(=O)(=O)C3CC3)cc2)C1)C1(C2CCCC2)CN(C)Cc2ccccc21. The van der Waals surface area contributed by atoms with Crippen molar-refractivity contribution < 1.29 is 8.42 Å². The van der Waals surface area contributed by atoms with Crippen LogP contribution in [0, 0.1) is 17.8 Å². The van der Waals surface area contributed by atoms with Gasteiger partial charge in [-0.2, -0.15) is 0 Å². The molecule has 0 aromatic heterocycles. The second-order valence-electron chi connectivity index (χ2n) is 13.0. The summed E-state index contributed by atoms with van der Waals surface area (Å²) >= 11 is 0. The van der Waals surface area contributed by atoms with Gasteiger partial charge in [0.2, 0.25) is 0 Å². The molecule has 2 aromatic rings. The molecule has 5 nitrogen and oxygen atoms in total. The van der Waals surface area contributed by atoms with E-state index in [0.29, 0.717) is 16.7 Å². The number of rotatable bonds is 11. The second kappa shape index (κ2) is 11.2. The fourth-order valence-corrected chi connectivity index (χ4v) is 9.86. The molecule has 212 valence electrons. The zero-order valence-corrected chi connectivity index (χ0v) is 24.8. The van der Waals surface area contributed by atoms with Gasteiger partial charge in [-0.05, 0) is 92.9 Å². The van der Waals surface area contributed by atoms with Crippen LogP contribution in [0.3, 0.4) is 0 Å². The number of hydrogen-bond acceptors (Lipinski definition) is 5. The molecular formula is C33H47N3O2S. The van der Waals surface area contributed by atoms with Crippen molar-refractivity contribution in [3.8, 4) is 0 Å². The monoisotopic (exact) mass is 549 g/mol. The molecule has 2 aromatic carbocycles. The largest absolute Gasteiger partial charge is 0.371 e. The van der Waals surface area contributed by atoms with E-state index in [1.54, 1.807) is 23.3 Å². The van der Waals surface area contributed by atoms with Crippen molar-refractivity contribution in [1.29, 1.82) is 0 Å². The third-order valence-electron chi connectivity index (χ3n) is 10.3. The maximum Gasteiger partial charge on any atom is 0.181 e. The third kappa shape index (κ3) is 5.29. The molecule has 2 aliphatic carbocycles. The number of anilines is 1. The molecule has 2 saturated carbocycles. The first-order chi connectivity index (χ1) is 18.9. The highest BCUT2D eigenvalue weighted by Gasteiger charge is 2.49. The molecule has 0 spiro atoms. The number of nitrogens with one attached hydrogen (secondary N) is 1. The Balaban J connectivity index is 1.04. The van der Waals surface area contributed by atoms with E-state index in [1.807, 2.05) is 12.1 Å². The van der Waals surface area contributed by atoms with Crippen LogP contribution >= 0.6 is 0 Å². The Morgan fingerprint density at radius 3 is 2.41 bits per heavy atom. The first kappa shape index (κ1) is 27.3. The van der Waals surface area contributed by atoms with Crippen LogP contribution in [0.15, 0.2) is 53.4 Å². The Hall–Kier alpha value is -1.89. The standard InChI is InChI=1S/C33H47N3O2S/c1-3-27(33(28-9-5-6-10-28)24-35(2)23-26-8-4-7-11-32(26)33)18-19-34-20-25-21-36(22-25)29-12-14-30(15-13-29)39(37,38)31-16-17-31/h4,7-8,11-15,25,27-28,31,34H,3,5-6,9-10,16-24H2,1-2H3. The Morgan fingerprint density at radius 1 is 1.00 bits per heavy atom. The van der Waals surface area contributed by atoms with E-state index in [2.05, 4.69) is 53.4 Å². The van der Waals surface area contributed by atoms with E-state index in [-0.39, 0.29) is 10.7 Å². The molecule has 2 unspecified atom stereocenters. The van der Waals surface area contributed by atoms with E-state index < -0.39 is 9.84 Å². The normalized spacial score (nSPS) is 25.4. The Kier molecular flexibility index (Phi) is 7.82. The predicted octanol–water partition coefficient (Wildman–Crippen LogP) is 5.64. The van der Waals surface area contributed by atoms with Crippen LogP contribution in [0.2, 0.25) is 0 Å². The topological polar surface area (TPSA) is 52.7 Å². The fourth-order valence-electron chi connectivity index (χ4n) is 8.20. The molecule has 1 saturated heterocycles. The minimum Gasteiger partial charge on any atom is -0.371 e. The van der Waals surface area contributed by atoms with Crippen LogP contribution < -0.4 is 10.2 Å². The lowest BCUT2D eigenvalue weighted by Gasteiger charge is -2.52. The van der Waals surface area contributed by atoms with Gasteiger partial charge >= 0.3 is 0 Å². The zero-order chi connectivity index (χ0) is 27.0.